The van der Waals surface area contributed by atoms with Gasteiger partial charge in [-0.05, 0) is 20.8 Å². The van der Waals surface area contributed by atoms with Crippen LogP contribution in [0.4, 0.5) is 5.69 Å². The number of carbonyl (C=O) groups is 2. The molecule has 1 aromatic heterocycles. The molecule has 1 aliphatic carbocycles. The van der Waals surface area contributed by atoms with Crippen molar-refractivity contribution in [2.75, 3.05) is 11.9 Å². The molecule has 3 atom stereocenters. The third kappa shape index (κ3) is 7.45. The standard InChI is InChI=1S/C32H40N10O2Se/c1-19(2)24-18-25(43)20(3)29(28(24)44)45-17-16-33-26(30-35-38-39-36-30)22-12-14-23(15-13-22)34-27(21-10-8-7-9-11-21)31-37-40-41-42(31)32(4,5)6/h7-15,18-19,26-27,31,33-34H,16-17H2,1-6H3,(H,37,41)(H,35,36,38,39). The van der Waals surface area contributed by atoms with Gasteiger partial charge in [-0.1, -0.05) is 23.4 Å². The van der Waals surface area contributed by atoms with Crippen LogP contribution in [0.15, 0.2) is 86.6 Å². The predicted octanol–water partition coefficient (Wildman–Crippen LogP) is 4.47. The molecule has 3 unspecified atom stereocenters. The van der Waals surface area contributed by atoms with Crippen LogP contribution in [-0.2, 0) is 9.59 Å². The van der Waals surface area contributed by atoms with Crippen LogP contribution in [0.5, 0.6) is 0 Å². The fraction of sp³-hybridized carbons (Fsp3) is 0.406. The summed E-state index contributed by atoms with van der Waals surface area (Å²) in [6.45, 7) is 12.6. The van der Waals surface area contributed by atoms with Crippen LogP contribution in [0.25, 0.3) is 0 Å². The van der Waals surface area contributed by atoms with Crippen LogP contribution in [0.1, 0.15) is 70.6 Å². The number of Topliss-reactive ketones (excluding diaryl/α,β-unsaturated/α-hetero) is 1. The van der Waals surface area contributed by atoms with Crippen LogP contribution in [0.3, 0.4) is 0 Å². The third-order valence-electron chi connectivity index (χ3n) is 7.74. The number of ketones is 2. The molecule has 2 aliphatic rings. The Bertz CT molecular complexity index is 1580. The quantitative estimate of drug-likeness (QED) is 0.124. The minimum atomic E-state index is -0.312. The summed E-state index contributed by atoms with van der Waals surface area (Å²) in [5, 5.41) is 33.5. The molecule has 0 radical (unpaired) electrons. The minimum absolute atomic E-state index is 0.00851. The van der Waals surface area contributed by atoms with E-state index in [1.807, 2.05) is 56.3 Å². The average molecular weight is 676 g/mol. The zero-order valence-corrected chi connectivity index (χ0v) is 28.1. The Morgan fingerprint density at radius 2 is 1.76 bits per heavy atom. The van der Waals surface area contributed by atoms with Crippen LogP contribution >= 0.6 is 0 Å². The fourth-order valence-corrected chi connectivity index (χ4v) is 7.36. The molecular weight excluding hydrogens is 635 g/mol. The number of anilines is 1. The van der Waals surface area contributed by atoms with Crippen molar-refractivity contribution in [3.8, 4) is 0 Å². The number of tetrazole rings is 1. The average Bonchev–Trinajstić information content (AvgIpc) is 3.73. The van der Waals surface area contributed by atoms with Crippen molar-refractivity contribution < 1.29 is 9.59 Å². The number of nitrogens with one attached hydrogen (secondary N) is 4. The van der Waals surface area contributed by atoms with E-state index in [0.717, 1.165) is 22.1 Å². The van der Waals surface area contributed by atoms with Gasteiger partial charge >= 0.3 is 215 Å². The molecule has 0 amide bonds. The van der Waals surface area contributed by atoms with Gasteiger partial charge in [0.2, 0.25) is 0 Å². The summed E-state index contributed by atoms with van der Waals surface area (Å²) in [6, 6.07) is 17.9. The van der Waals surface area contributed by atoms with Gasteiger partial charge in [0.15, 0.2) is 0 Å². The summed E-state index contributed by atoms with van der Waals surface area (Å²) in [4.78, 5) is 25.6. The molecule has 5 rings (SSSR count). The number of nitrogens with zero attached hydrogens (tertiary/aromatic N) is 6. The number of allylic oxidation sites excluding steroid dienone is 4. The van der Waals surface area contributed by atoms with Crippen LogP contribution in [0, 0.1) is 5.92 Å². The van der Waals surface area contributed by atoms with Crippen molar-refractivity contribution in [2.24, 2.45) is 16.3 Å². The number of carbonyl (C=O) groups excluding carboxylic acids is 2. The molecule has 0 spiro atoms. The van der Waals surface area contributed by atoms with Gasteiger partial charge in [0.05, 0.1) is 0 Å². The number of rotatable bonds is 12. The summed E-state index contributed by atoms with van der Waals surface area (Å²) >= 11 is -0.159. The van der Waals surface area contributed by atoms with Crippen LogP contribution in [0.2, 0.25) is 5.32 Å². The monoisotopic (exact) mass is 676 g/mol. The summed E-state index contributed by atoms with van der Waals surface area (Å²) in [6.07, 6.45) is 1.24. The van der Waals surface area contributed by atoms with Crippen molar-refractivity contribution in [1.29, 1.82) is 0 Å². The SMILES string of the molecule is CC1=C([Se]CCNC(c2ccc(NC(c3ccccc3)C3N=NNN3C(C)(C)C)cc2)c2nn[nH]n2)C(=O)C(C(C)C)=CC1=O. The first-order valence-corrected chi connectivity index (χ1v) is 17.1. The molecule has 1 aliphatic heterocycles. The Balaban J connectivity index is 1.29. The molecule has 0 bridgehead atoms. The number of hydrogen-bond acceptors (Lipinski definition) is 11. The number of aromatic nitrogens is 4. The van der Waals surface area contributed by atoms with Crippen LogP contribution in [-0.4, -0.2) is 70.4 Å². The van der Waals surface area contributed by atoms with E-state index in [-0.39, 0.29) is 56.2 Å². The van der Waals surface area contributed by atoms with E-state index in [4.69, 9.17) is 0 Å². The molecule has 236 valence electrons. The van der Waals surface area contributed by atoms with Crippen molar-refractivity contribution in [2.45, 2.75) is 70.7 Å². The van der Waals surface area contributed by atoms with Crippen LogP contribution < -0.4 is 16.2 Å². The predicted molar refractivity (Wildman–Crippen MR) is 173 cm³/mol. The molecule has 3 aromatic rings. The molecular formula is C32H40N10O2Se. The Morgan fingerprint density at radius 1 is 1.02 bits per heavy atom. The molecule has 12 nitrogen and oxygen atoms in total. The zero-order valence-electron chi connectivity index (χ0n) is 26.4. The van der Waals surface area contributed by atoms with Gasteiger partial charge in [-0.2, -0.15) is 0 Å². The molecule has 4 N–H and O–H groups in total. The molecule has 0 fully saturated rings. The van der Waals surface area contributed by atoms with E-state index in [1.165, 1.54) is 6.08 Å². The van der Waals surface area contributed by atoms with E-state index in [0.29, 0.717) is 28.0 Å². The molecule has 13 heteroatoms. The third-order valence-corrected chi connectivity index (χ3v) is 10.2. The number of H-pyrrole nitrogens is 1. The molecule has 0 saturated heterocycles. The number of hydrazine groups is 1. The fourth-order valence-electron chi connectivity index (χ4n) is 5.29. The van der Waals surface area contributed by atoms with Gasteiger partial charge in [-0.25, -0.2) is 5.53 Å². The summed E-state index contributed by atoms with van der Waals surface area (Å²) in [5.74, 6) is 0.481. The molecule has 0 saturated carbocycles. The topological polar surface area (TPSA) is 153 Å². The van der Waals surface area contributed by atoms with E-state index in [9.17, 15) is 9.59 Å². The Labute approximate surface area is 269 Å². The second-order valence-corrected chi connectivity index (χ2v) is 14.7. The van der Waals surface area contributed by atoms with Gasteiger partial charge in [0, 0.05) is 5.54 Å². The van der Waals surface area contributed by atoms with Gasteiger partial charge in [0.25, 0.3) is 0 Å². The molecule has 2 aromatic carbocycles. The summed E-state index contributed by atoms with van der Waals surface area (Å²) in [5.41, 5.74) is 7.01. The Hall–Kier alpha value is -4.03. The van der Waals surface area contributed by atoms with E-state index in [2.05, 4.69) is 85.0 Å². The van der Waals surface area contributed by atoms with Crippen molar-refractivity contribution >= 4 is 32.2 Å². The second-order valence-electron chi connectivity index (χ2n) is 12.3. The first kappa shape index (κ1) is 32.4. The number of hydrogen-bond donors (Lipinski definition) is 4. The van der Waals surface area contributed by atoms with Gasteiger partial charge < -0.3 is 0 Å². The van der Waals surface area contributed by atoms with Gasteiger partial charge in [0.1, 0.15) is 0 Å². The van der Waals surface area contributed by atoms with Gasteiger partial charge in [-0.3, -0.25) is 0 Å². The maximum atomic E-state index is 13.1. The zero-order chi connectivity index (χ0) is 32.1. The molecule has 2 heterocycles. The second kappa shape index (κ2) is 13.9. The van der Waals surface area contributed by atoms with E-state index in [1.54, 1.807) is 6.92 Å². The van der Waals surface area contributed by atoms with E-state index < -0.39 is 0 Å². The molecule has 45 heavy (non-hydrogen) atoms. The Morgan fingerprint density at radius 3 is 2.40 bits per heavy atom. The number of benzene rings is 2. The van der Waals surface area contributed by atoms with Gasteiger partial charge in [-0.15, -0.1) is 0 Å². The van der Waals surface area contributed by atoms with E-state index >= 15 is 0 Å². The first-order chi connectivity index (χ1) is 21.5. The summed E-state index contributed by atoms with van der Waals surface area (Å²) < 4.78 is 0.669. The first-order valence-electron chi connectivity index (χ1n) is 15.0. The van der Waals surface area contributed by atoms with Crippen molar-refractivity contribution in [3.05, 3.63) is 93.2 Å². The normalized spacial score (nSPS) is 18.7. The summed E-state index contributed by atoms with van der Waals surface area (Å²) in [7, 11) is 0. The van der Waals surface area contributed by atoms with Crippen molar-refractivity contribution in [1.82, 2.24) is 36.5 Å². The Kier molecular flexibility index (Phi) is 10.0. The number of aromatic amines is 1. The van der Waals surface area contributed by atoms with Crippen molar-refractivity contribution in [3.63, 3.8) is 0 Å². The maximum absolute atomic E-state index is 13.1.